The molecular formula is C35H34ClF4N9OS. The Bertz CT molecular complexity index is 2180. The van der Waals surface area contributed by atoms with E-state index in [1.165, 1.54) is 30.6 Å². The Morgan fingerprint density at radius 3 is 2.55 bits per heavy atom. The van der Waals surface area contributed by atoms with Gasteiger partial charge in [0.1, 0.15) is 39.7 Å². The summed E-state index contributed by atoms with van der Waals surface area (Å²) in [6, 6.07) is 5.52. The Kier molecular flexibility index (Phi) is 9.28. The standard InChI is InChI=1S/C35H34ClF4N9OS/c1-17(27-31(42)45-10-9-44-27)48(2)33-20-13-22(36)25(19-3-4-23(37)29-24(19)21(14-41)32(43)51-29)26(38)28(20)46-34(47-33)50-16-35(7-8-35)15-49-11-5-18(6-12-49)30(39)40/h3-4,9-10,13,17-18,30H,5-8,11-12,15-16,43H2,1-2H3,(H2,42,45)/t17-/m1/s1. The van der Waals surface area contributed by atoms with Crippen LogP contribution < -0.4 is 21.1 Å². The Morgan fingerprint density at radius 1 is 1.16 bits per heavy atom. The number of aromatic nitrogens is 4. The van der Waals surface area contributed by atoms with Crippen molar-refractivity contribution >= 4 is 60.6 Å². The van der Waals surface area contributed by atoms with Crippen molar-refractivity contribution in [3.63, 3.8) is 0 Å². The number of benzene rings is 2. The maximum Gasteiger partial charge on any atom is 0.319 e. The number of nitrogen functional groups attached to an aromatic ring is 2. The smallest absolute Gasteiger partial charge is 0.319 e. The number of nitrogens with zero attached hydrogens (tertiary/aromatic N) is 7. The summed E-state index contributed by atoms with van der Waals surface area (Å²) in [7, 11) is 1.74. The summed E-state index contributed by atoms with van der Waals surface area (Å²) < 4.78 is 64.7. The predicted octanol–water partition coefficient (Wildman–Crippen LogP) is 7.60. The molecule has 51 heavy (non-hydrogen) atoms. The minimum absolute atomic E-state index is 0.0206. The zero-order valence-electron chi connectivity index (χ0n) is 27.8. The lowest BCUT2D eigenvalue weighted by Crippen LogP contribution is -2.40. The van der Waals surface area contributed by atoms with E-state index in [1.54, 1.807) is 11.9 Å². The largest absolute Gasteiger partial charge is 0.463 e. The van der Waals surface area contributed by atoms with E-state index in [2.05, 4.69) is 19.9 Å². The third kappa shape index (κ3) is 6.45. The molecule has 10 nitrogen and oxygen atoms in total. The molecule has 2 fully saturated rings. The van der Waals surface area contributed by atoms with Gasteiger partial charge in [0.05, 0.1) is 27.9 Å². The van der Waals surface area contributed by atoms with Gasteiger partial charge in [-0.2, -0.15) is 15.2 Å². The maximum absolute atomic E-state index is 17.0. The van der Waals surface area contributed by atoms with Crippen LogP contribution in [0.1, 0.15) is 49.9 Å². The molecule has 2 aliphatic rings. The van der Waals surface area contributed by atoms with Crippen molar-refractivity contribution in [2.24, 2.45) is 11.3 Å². The van der Waals surface area contributed by atoms with Crippen molar-refractivity contribution in [2.45, 2.75) is 45.1 Å². The summed E-state index contributed by atoms with van der Waals surface area (Å²) in [6.07, 6.45) is 3.35. The highest BCUT2D eigenvalue weighted by atomic mass is 35.5. The van der Waals surface area contributed by atoms with Gasteiger partial charge in [-0.3, -0.25) is 4.98 Å². The SMILES string of the molecule is C[C@H](c1nccnc1N)N(C)c1nc(OCC2(CN3CCC(C(F)F)CC3)CC2)nc2c(F)c(-c3ccc(F)c4sc(N)c(C#N)c34)c(Cl)cc12. The van der Waals surface area contributed by atoms with Gasteiger partial charge >= 0.3 is 6.01 Å². The second-order valence-electron chi connectivity index (χ2n) is 13.4. The van der Waals surface area contributed by atoms with E-state index in [1.807, 2.05) is 13.0 Å². The number of nitriles is 1. The molecule has 1 saturated carbocycles. The van der Waals surface area contributed by atoms with Gasteiger partial charge in [-0.15, -0.1) is 11.3 Å². The van der Waals surface area contributed by atoms with Gasteiger partial charge in [-0.05, 0) is 63.4 Å². The number of hydrogen-bond acceptors (Lipinski definition) is 11. The van der Waals surface area contributed by atoms with E-state index in [0.717, 1.165) is 24.2 Å². The van der Waals surface area contributed by atoms with Crippen LogP contribution in [0.4, 0.5) is 34.2 Å². The number of hydrogen-bond donors (Lipinski definition) is 2. The molecular weight excluding hydrogens is 706 g/mol. The Morgan fingerprint density at radius 2 is 1.88 bits per heavy atom. The van der Waals surface area contributed by atoms with Gasteiger partial charge in [0.25, 0.3) is 0 Å². The van der Waals surface area contributed by atoms with Crippen molar-refractivity contribution in [1.29, 1.82) is 5.26 Å². The quantitative estimate of drug-likeness (QED) is 0.138. The van der Waals surface area contributed by atoms with Gasteiger partial charge in [0, 0.05) is 53.7 Å². The van der Waals surface area contributed by atoms with Crippen LogP contribution in [0, 0.1) is 34.3 Å². The molecule has 7 rings (SSSR count). The van der Waals surface area contributed by atoms with Crippen LogP contribution in [0.15, 0.2) is 30.6 Å². The molecule has 1 aliphatic carbocycles. The minimum Gasteiger partial charge on any atom is -0.463 e. The summed E-state index contributed by atoms with van der Waals surface area (Å²) in [6.45, 7) is 3.96. The fraction of sp³-hybridized carbons (Fsp3) is 0.400. The lowest BCUT2D eigenvalue weighted by atomic mass is 9.96. The predicted molar refractivity (Wildman–Crippen MR) is 190 cm³/mol. The monoisotopic (exact) mass is 739 g/mol. The number of piperidine rings is 1. The average Bonchev–Trinajstić information content (AvgIpc) is 3.79. The molecule has 0 unspecified atom stereocenters. The molecule has 1 aliphatic heterocycles. The first-order chi connectivity index (χ1) is 24.4. The molecule has 3 aromatic heterocycles. The first-order valence-corrected chi connectivity index (χ1v) is 17.6. The molecule has 16 heteroatoms. The fourth-order valence-corrected chi connectivity index (χ4v) is 8.12. The van der Waals surface area contributed by atoms with E-state index in [0.29, 0.717) is 38.2 Å². The van der Waals surface area contributed by atoms with Crippen LogP contribution in [0.3, 0.4) is 0 Å². The third-order valence-electron chi connectivity index (χ3n) is 10.1. The van der Waals surface area contributed by atoms with Crippen molar-refractivity contribution < 1.29 is 22.3 Å². The second kappa shape index (κ2) is 13.6. The first-order valence-electron chi connectivity index (χ1n) is 16.4. The Labute approximate surface area is 300 Å². The molecule has 266 valence electrons. The van der Waals surface area contributed by atoms with Crippen molar-refractivity contribution in [1.82, 2.24) is 24.8 Å². The van der Waals surface area contributed by atoms with Gasteiger partial charge in [-0.1, -0.05) is 17.7 Å². The van der Waals surface area contributed by atoms with E-state index in [-0.39, 0.29) is 77.4 Å². The van der Waals surface area contributed by atoms with Crippen molar-refractivity contribution in [3.8, 4) is 23.2 Å². The highest BCUT2D eigenvalue weighted by Gasteiger charge is 2.46. The number of ether oxygens (including phenoxy) is 1. The molecule has 1 atom stereocenters. The summed E-state index contributed by atoms with van der Waals surface area (Å²) in [4.78, 5) is 21.8. The highest BCUT2D eigenvalue weighted by Crippen LogP contribution is 2.48. The summed E-state index contributed by atoms with van der Waals surface area (Å²) in [5.41, 5.74) is 12.5. The maximum atomic E-state index is 17.0. The Hall–Kier alpha value is -4.52. The number of likely N-dealkylation sites (tertiary alicyclic amines) is 1. The zero-order valence-corrected chi connectivity index (χ0v) is 29.3. The molecule has 5 aromatic rings. The minimum atomic E-state index is -2.31. The fourth-order valence-electron chi connectivity index (χ4n) is 6.88. The zero-order chi connectivity index (χ0) is 36.2. The molecule has 1 saturated heterocycles. The number of halogens is 5. The number of nitrogens with two attached hydrogens (primary N) is 2. The lowest BCUT2D eigenvalue weighted by molar-refractivity contribution is 0.0278. The second-order valence-corrected chi connectivity index (χ2v) is 14.8. The van der Waals surface area contributed by atoms with E-state index < -0.39 is 30.0 Å². The van der Waals surface area contributed by atoms with Crippen LogP contribution in [0.25, 0.3) is 32.1 Å². The molecule has 4 heterocycles. The van der Waals surface area contributed by atoms with Crippen LogP contribution in [0.5, 0.6) is 6.01 Å². The van der Waals surface area contributed by atoms with Crippen molar-refractivity contribution in [3.05, 3.63) is 58.5 Å². The molecule has 2 aromatic carbocycles. The number of thiophene rings is 1. The van der Waals surface area contributed by atoms with Crippen LogP contribution in [0.2, 0.25) is 5.02 Å². The number of rotatable bonds is 10. The number of alkyl halides is 2. The van der Waals surface area contributed by atoms with Gasteiger partial charge in [-0.25, -0.2) is 22.5 Å². The molecule has 4 N–H and O–H groups in total. The third-order valence-corrected chi connectivity index (χ3v) is 11.4. The molecule has 0 bridgehead atoms. The average molecular weight is 740 g/mol. The van der Waals surface area contributed by atoms with Gasteiger partial charge in [0.2, 0.25) is 6.43 Å². The van der Waals surface area contributed by atoms with E-state index >= 15 is 4.39 Å². The first kappa shape index (κ1) is 34.9. The van der Waals surface area contributed by atoms with E-state index in [9.17, 15) is 18.4 Å². The summed E-state index contributed by atoms with van der Waals surface area (Å²) in [5.74, 6) is -1.50. The molecule has 0 amide bonds. The molecule has 0 radical (unpaired) electrons. The number of fused-ring (bicyclic) bond motifs is 2. The van der Waals surface area contributed by atoms with Gasteiger partial charge in [0.15, 0.2) is 5.82 Å². The number of anilines is 3. The van der Waals surface area contributed by atoms with E-state index in [4.69, 9.17) is 32.8 Å². The topological polar surface area (TPSA) is 143 Å². The Balaban J connectivity index is 1.30. The van der Waals surface area contributed by atoms with Crippen molar-refractivity contribution in [2.75, 3.05) is 49.7 Å². The summed E-state index contributed by atoms with van der Waals surface area (Å²) in [5, 5.41) is 10.4. The lowest BCUT2D eigenvalue weighted by Gasteiger charge is -2.34. The van der Waals surface area contributed by atoms with Crippen LogP contribution in [-0.4, -0.2) is 64.6 Å². The van der Waals surface area contributed by atoms with Crippen LogP contribution >= 0.6 is 22.9 Å². The summed E-state index contributed by atoms with van der Waals surface area (Å²) >= 11 is 7.73. The molecule has 0 spiro atoms. The normalized spacial score (nSPS) is 16.8. The van der Waals surface area contributed by atoms with Gasteiger partial charge < -0.3 is 26.0 Å². The highest BCUT2D eigenvalue weighted by molar-refractivity contribution is 7.23. The van der Waals surface area contributed by atoms with Crippen LogP contribution in [-0.2, 0) is 0 Å².